The second kappa shape index (κ2) is 9.98. The van der Waals surface area contributed by atoms with E-state index in [0.29, 0.717) is 13.1 Å². The van der Waals surface area contributed by atoms with Crippen molar-refractivity contribution in [1.82, 2.24) is 10.2 Å². The van der Waals surface area contributed by atoms with Gasteiger partial charge in [-0.05, 0) is 28.0 Å². The van der Waals surface area contributed by atoms with E-state index in [9.17, 15) is 8.78 Å². The number of fused-ring (bicyclic) bond motifs is 1. The molecule has 6 heteroatoms. The lowest BCUT2D eigenvalue weighted by molar-refractivity contribution is -0.0503. The van der Waals surface area contributed by atoms with Crippen molar-refractivity contribution in [2.75, 3.05) is 26.3 Å². The summed E-state index contributed by atoms with van der Waals surface area (Å²) < 4.78 is 35.8. The van der Waals surface area contributed by atoms with Crippen molar-refractivity contribution in [1.29, 1.82) is 0 Å². The lowest BCUT2D eigenvalue weighted by Gasteiger charge is -2.26. The number of hydrogen-bond acceptors (Lipinski definition) is 4. The fourth-order valence-corrected chi connectivity index (χ4v) is 3.82. The second-order valence-corrected chi connectivity index (χ2v) is 7.45. The number of alkyl halides is 2. The maximum Gasteiger partial charge on any atom is 0.387 e. The van der Waals surface area contributed by atoms with Gasteiger partial charge in [0.1, 0.15) is 5.75 Å². The summed E-state index contributed by atoms with van der Waals surface area (Å²) in [6.45, 7) is 2.72. The Kier molecular flexibility index (Phi) is 6.89. The molecule has 1 aliphatic rings. The monoisotopic (exact) mass is 412 g/mol. The number of hydrogen-bond donors (Lipinski definition) is 1. The van der Waals surface area contributed by atoms with Crippen LogP contribution in [0.25, 0.3) is 10.8 Å². The first-order chi connectivity index (χ1) is 14.7. The molecule has 1 aliphatic heterocycles. The van der Waals surface area contributed by atoms with Crippen LogP contribution in [0, 0.1) is 0 Å². The molecule has 0 amide bonds. The first-order valence-electron chi connectivity index (χ1n) is 10.2. The molecule has 0 saturated carbocycles. The van der Waals surface area contributed by atoms with Crippen LogP contribution in [0.15, 0.2) is 60.7 Å². The first-order valence-corrected chi connectivity index (χ1v) is 10.2. The summed E-state index contributed by atoms with van der Waals surface area (Å²) in [5.41, 5.74) is 3.18. The molecule has 1 heterocycles. The molecule has 1 saturated heterocycles. The Morgan fingerprint density at radius 2 is 1.63 bits per heavy atom. The zero-order valence-corrected chi connectivity index (χ0v) is 16.8. The molecular formula is C24H26F2N2O2. The first kappa shape index (κ1) is 20.7. The Bertz CT molecular complexity index is 957. The minimum atomic E-state index is -2.84. The van der Waals surface area contributed by atoms with Crippen LogP contribution in [0.5, 0.6) is 5.75 Å². The lowest BCUT2D eigenvalue weighted by atomic mass is 10.0. The molecule has 0 unspecified atom stereocenters. The van der Waals surface area contributed by atoms with E-state index >= 15 is 0 Å². The Balaban J connectivity index is 1.39. The van der Waals surface area contributed by atoms with Gasteiger partial charge in [0.15, 0.2) is 0 Å². The van der Waals surface area contributed by atoms with Crippen molar-refractivity contribution >= 4 is 10.8 Å². The molecule has 0 atom stereocenters. The predicted molar refractivity (Wildman–Crippen MR) is 114 cm³/mol. The normalized spacial score (nSPS) is 15.0. The van der Waals surface area contributed by atoms with Crippen LogP contribution in [-0.4, -0.2) is 37.8 Å². The minimum absolute atomic E-state index is 0.219. The Morgan fingerprint density at radius 1 is 0.900 bits per heavy atom. The van der Waals surface area contributed by atoms with Gasteiger partial charge in [-0.3, -0.25) is 4.90 Å². The van der Waals surface area contributed by atoms with E-state index in [0.717, 1.165) is 54.7 Å². The molecular weight excluding hydrogens is 386 g/mol. The van der Waals surface area contributed by atoms with Crippen molar-refractivity contribution in [3.05, 3.63) is 77.4 Å². The topological polar surface area (TPSA) is 33.7 Å². The van der Waals surface area contributed by atoms with Crippen LogP contribution in [0.3, 0.4) is 0 Å². The summed E-state index contributed by atoms with van der Waals surface area (Å²) in [5, 5.41) is 5.30. The van der Waals surface area contributed by atoms with Crippen molar-refractivity contribution in [3.63, 3.8) is 0 Å². The number of morpholine rings is 1. The fourth-order valence-electron chi connectivity index (χ4n) is 3.82. The van der Waals surface area contributed by atoms with Gasteiger partial charge in [0, 0.05) is 38.3 Å². The zero-order valence-electron chi connectivity index (χ0n) is 16.8. The highest BCUT2D eigenvalue weighted by molar-refractivity contribution is 5.87. The van der Waals surface area contributed by atoms with Crippen LogP contribution in [0.1, 0.15) is 16.7 Å². The van der Waals surface area contributed by atoms with Gasteiger partial charge in [0.05, 0.1) is 13.2 Å². The highest BCUT2D eigenvalue weighted by Gasteiger charge is 2.13. The molecule has 0 aliphatic carbocycles. The average molecular weight is 412 g/mol. The summed E-state index contributed by atoms with van der Waals surface area (Å²) in [5.74, 6) is 0.219. The Labute approximate surface area is 175 Å². The third kappa shape index (κ3) is 5.33. The molecule has 30 heavy (non-hydrogen) atoms. The van der Waals surface area contributed by atoms with E-state index in [4.69, 9.17) is 9.47 Å². The van der Waals surface area contributed by atoms with Crippen molar-refractivity contribution in [3.8, 4) is 5.75 Å². The maximum atomic E-state index is 12.8. The van der Waals surface area contributed by atoms with Crippen molar-refractivity contribution in [2.45, 2.75) is 26.2 Å². The van der Waals surface area contributed by atoms with Gasteiger partial charge < -0.3 is 14.8 Å². The molecule has 3 aromatic carbocycles. The van der Waals surface area contributed by atoms with Crippen LogP contribution in [0.2, 0.25) is 0 Å². The number of nitrogens with zero attached hydrogens (tertiary/aromatic N) is 1. The molecule has 158 valence electrons. The molecule has 4 nitrogen and oxygen atoms in total. The van der Waals surface area contributed by atoms with E-state index < -0.39 is 6.61 Å². The van der Waals surface area contributed by atoms with Crippen LogP contribution in [-0.2, 0) is 24.4 Å². The smallest absolute Gasteiger partial charge is 0.387 e. The largest absolute Gasteiger partial charge is 0.434 e. The summed E-state index contributed by atoms with van der Waals surface area (Å²) >= 11 is 0. The molecule has 0 bridgehead atoms. The molecule has 0 radical (unpaired) electrons. The third-order valence-electron chi connectivity index (χ3n) is 5.38. The number of ether oxygens (including phenoxy) is 2. The maximum absolute atomic E-state index is 12.8. The van der Waals surface area contributed by atoms with Gasteiger partial charge in [0.2, 0.25) is 0 Å². The van der Waals surface area contributed by atoms with Crippen LogP contribution in [0.4, 0.5) is 8.78 Å². The predicted octanol–water partition coefficient (Wildman–Crippen LogP) is 4.56. The summed E-state index contributed by atoms with van der Waals surface area (Å²) in [4.78, 5) is 2.39. The zero-order chi connectivity index (χ0) is 20.8. The van der Waals surface area contributed by atoms with E-state index in [1.165, 1.54) is 5.56 Å². The molecule has 1 fully saturated rings. The molecule has 1 N–H and O–H groups in total. The number of rotatable bonds is 8. The Morgan fingerprint density at radius 3 is 2.40 bits per heavy atom. The van der Waals surface area contributed by atoms with Crippen LogP contribution >= 0.6 is 0 Å². The fraction of sp³-hybridized carbons (Fsp3) is 0.333. The third-order valence-corrected chi connectivity index (χ3v) is 5.38. The van der Waals surface area contributed by atoms with E-state index in [2.05, 4.69) is 34.5 Å². The van der Waals surface area contributed by atoms with Gasteiger partial charge in [0.25, 0.3) is 0 Å². The van der Waals surface area contributed by atoms with E-state index in [1.807, 2.05) is 30.3 Å². The number of halogens is 2. The summed E-state index contributed by atoms with van der Waals surface area (Å²) in [6.07, 6.45) is 0. The lowest BCUT2D eigenvalue weighted by Crippen LogP contribution is -2.35. The van der Waals surface area contributed by atoms with Gasteiger partial charge in [-0.25, -0.2) is 0 Å². The quantitative estimate of drug-likeness (QED) is 0.588. The number of benzene rings is 3. The highest BCUT2D eigenvalue weighted by Crippen LogP contribution is 2.29. The average Bonchev–Trinajstić information content (AvgIpc) is 2.76. The summed E-state index contributed by atoms with van der Waals surface area (Å²) in [7, 11) is 0. The summed E-state index contributed by atoms with van der Waals surface area (Å²) in [6, 6.07) is 19.7. The SMILES string of the molecule is FC(F)Oc1ccc2ccccc2c1CNCc1ccc(CN2CCOCC2)cc1. The van der Waals surface area contributed by atoms with E-state index in [-0.39, 0.29) is 5.75 Å². The van der Waals surface area contributed by atoms with Gasteiger partial charge in [-0.2, -0.15) is 8.78 Å². The van der Waals surface area contributed by atoms with E-state index in [1.54, 1.807) is 6.07 Å². The molecule has 0 spiro atoms. The minimum Gasteiger partial charge on any atom is -0.434 e. The van der Waals surface area contributed by atoms with Crippen LogP contribution < -0.4 is 10.1 Å². The molecule has 3 aromatic rings. The second-order valence-electron chi connectivity index (χ2n) is 7.45. The van der Waals surface area contributed by atoms with Crippen molar-refractivity contribution in [2.24, 2.45) is 0 Å². The Hall–Kier alpha value is -2.54. The van der Waals surface area contributed by atoms with Gasteiger partial charge in [-0.15, -0.1) is 0 Å². The standard InChI is InChI=1S/C24H26F2N2O2/c25-24(26)30-23-10-9-20-3-1-2-4-21(20)22(23)16-27-15-18-5-7-19(8-6-18)17-28-11-13-29-14-12-28/h1-10,24,27H,11-17H2. The molecule has 0 aromatic heterocycles. The number of nitrogens with one attached hydrogen (secondary N) is 1. The van der Waals surface area contributed by atoms with Crippen molar-refractivity contribution < 1.29 is 18.3 Å². The van der Waals surface area contributed by atoms with Gasteiger partial charge >= 0.3 is 6.61 Å². The highest BCUT2D eigenvalue weighted by atomic mass is 19.3. The molecule has 4 rings (SSSR count). The van der Waals surface area contributed by atoms with Gasteiger partial charge in [-0.1, -0.05) is 54.6 Å².